The molecule has 25 heavy (non-hydrogen) atoms. The highest BCUT2D eigenvalue weighted by Gasteiger charge is 2.33. The van der Waals surface area contributed by atoms with Crippen LogP contribution in [-0.4, -0.2) is 49.4 Å². The lowest BCUT2D eigenvalue weighted by Gasteiger charge is -2.25. The van der Waals surface area contributed by atoms with Crippen LogP contribution in [0.1, 0.15) is 37.6 Å². The fourth-order valence-electron chi connectivity index (χ4n) is 2.71. The Bertz CT molecular complexity index is 607. The van der Waals surface area contributed by atoms with Gasteiger partial charge in [-0.05, 0) is 38.0 Å². The van der Waals surface area contributed by atoms with Crippen LogP contribution in [0.3, 0.4) is 0 Å². The van der Waals surface area contributed by atoms with E-state index in [1.807, 2.05) is 30.0 Å². The van der Waals surface area contributed by atoms with Crippen molar-refractivity contribution in [3.63, 3.8) is 0 Å². The van der Waals surface area contributed by atoms with Crippen molar-refractivity contribution >= 4 is 23.6 Å². The van der Waals surface area contributed by atoms with Crippen LogP contribution < -0.4 is 9.47 Å². The molecule has 1 heterocycles. The minimum atomic E-state index is -0.221. The average molecular weight is 367 g/mol. The van der Waals surface area contributed by atoms with Crippen LogP contribution in [0.2, 0.25) is 0 Å². The van der Waals surface area contributed by atoms with Gasteiger partial charge in [0.25, 0.3) is 0 Å². The first-order valence-corrected chi connectivity index (χ1v) is 9.53. The average Bonchev–Trinajstić information content (AvgIpc) is 2.96. The summed E-state index contributed by atoms with van der Waals surface area (Å²) in [6.45, 7) is 5.16. The van der Waals surface area contributed by atoms with Gasteiger partial charge in [-0.15, -0.1) is 11.8 Å². The fraction of sp³-hybridized carbons (Fsp3) is 0.556. The van der Waals surface area contributed by atoms with E-state index in [4.69, 9.17) is 14.2 Å². The maximum atomic E-state index is 12.2. The molecular formula is C18H25NO5S. The van der Waals surface area contributed by atoms with Crippen molar-refractivity contribution in [2.24, 2.45) is 0 Å². The Kier molecular flexibility index (Phi) is 7.43. The molecule has 6 nitrogen and oxygen atoms in total. The number of rotatable bonds is 9. The maximum absolute atomic E-state index is 12.2. The van der Waals surface area contributed by atoms with Gasteiger partial charge in [0.2, 0.25) is 5.91 Å². The van der Waals surface area contributed by atoms with E-state index in [-0.39, 0.29) is 17.3 Å². The van der Waals surface area contributed by atoms with Crippen LogP contribution in [0.4, 0.5) is 0 Å². The van der Waals surface area contributed by atoms with E-state index in [0.29, 0.717) is 49.9 Å². The number of amides is 1. The van der Waals surface area contributed by atoms with E-state index in [1.165, 1.54) is 0 Å². The van der Waals surface area contributed by atoms with E-state index >= 15 is 0 Å². The van der Waals surface area contributed by atoms with Gasteiger partial charge in [-0.3, -0.25) is 9.59 Å². The zero-order valence-corrected chi connectivity index (χ0v) is 15.8. The lowest BCUT2D eigenvalue weighted by Crippen LogP contribution is -2.29. The van der Waals surface area contributed by atoms with Gasteiger partial charge in [-0.1, -0.05) is 6.07 Å². The topological polar surface area (TPSA) is 65.1 Å². The third kappa shape index (κ3) is 5.04. The van der Waals surface area contributed by atoms with Crippen LogP contribution in [0, 0.1) is 0 Å². The Morgan fingerprint density at radius 1 is 1.28 bits per heavy atom. The van der Waals surface area contributed by atoms with Crippen LogP contribution in [-0.2, 0) is 14.3 Å². The molecule has 1 fully saturated rings. The van der Waals surface area contributed by atoms with Crippen molar-refractivity contribution in [1.29, 1.82) is 0 Å². The third-order valence-electron chi connectivity index (χ3n) is 3.83. The number of esters is 1. The van der Waals surface area contributed by atoms with Crippen molar-refractivity contribution in [3.05, 3.63) is 23.8 Å². The van der Waals surface area contributed by atoms with E-state index in [1.54, 1.807) is 25.8 Å². The van der Waals surface area contributed by atoms with Crippen LogP contribution in [0.5, 0.6) is 11.5 Å². The molecule has 0 spiro atoms. The Morgan fingerprint density at radius 3 is 2.76 bits per heavy atom. The molecule has 1 aromatic carbocycles. The molecule has 0 N–H and O–H groups in total. The molecule has 0 bridgehead atoms. The Labute approximate surface area is 152 Å². The van der Waals surface area contributed by atoms with Crippen molar-refractivity contribution in [1.82, 2.24) is 4.90 Å². The molecule has 0 aromatic heterocycles. The Hall–Kier alpha value is -1.89. The van der Waals surface area contributed by atoms with Gasteiger partial charge in [0.05, 0.1) is 26.1 Å². The second-order valence-electron chi connectivity index (χ2n) is 5.50. The number of ether oxygens (including phenoxy) is 3. The van der Waals surface area contributed by atoms with E-state index in [2.05, 4.69) is 0 Å². The second kappa shape index (κ2) is 9.56. The number of carbonyl (C=O) groups excluding carboxylic acids is 2. The largest absolute Gasteiger partial charge is 0.493 e. The maximum Gasteiger partial charge on any atom is 0.305 e. The van der Waals surface area contributed by atoms with E-state index < -0.39 is 0 Å². The molecule has 0 aliphatic carbocycles. The first-order chi connectivity index (χ1) is 12.1. The molecule has 1 aromatic rings. The van der Waals surface area contributed by atoms with Gasteiger partial charge in [-0.2, -0.15) is 0 Å². The monoisotopic (exact) mass is 367 g/mol. The van der Waals surface area contributed by atoms with E-state index in [9.17, 15) is 9.59 Å². The van der Waals surface area contributed by atoms with Crippen molar-refractivity contribution in [3.8, 4) is 11.5 Å². The number of methoxy groups -OCH3 is 1. The summed E-state index contributed by atoms with van der Waals surface area (Å²) in [5, 5.41) is -0.0696. The molecule has 1 saturated heterocycles. The third-order valence-corrected chi connectivity index (χ3v) is 5.08. The summed E-state index contributed by atoms with van der Waals surface area (Å²) in [7, 11) is 1.60. The molecule has 1 unspecified atom stereocenters. The molecule has 0 radical (unpaired) electrons. The molecule has 7 heteroatoms. The highest BCUT2D eigenvalue weighted by molar-refractivity contribution is 8.00. The number of carbonyl (C=O) groups is 2. The first-order valence-electron chi connectivity index (χ1n) is 8.48. The number of hydrogen-bond acceptors (Lipinski definition) is 6. The SMILES string of the molecule is CCOC(=O)CCCN1C(=O)CSC1c1ccc(OC)c(OCC)c1. The zero-order chi connectivity index (χ0) is 18.2. The van der Waals surface area contributed by atoms with Gasteiger partial charge in [0, 0.05) is 13.0 Å². The number of nitrogens with zero attached hydrogens (tertiary/aromatic N) is 1. The van der Waals surface area contributed by atoms with Gasteiger partial charge < -0.3 is 19.1 Å². The van der Waals surface area contributed by atoms with Gasteiger partial charge >= 0.3 is 5.97 Å². The normalized spacial score (nSPS) is 16.8. The zero-order valence-electron chi connectivity index (χ0n) is 14.9. The lowest BCUT2D eigenvalue weighted by atomic mass is 10.1. The second-order valence-corrected chi connectivity index (χ2v) is 6.57. The Balaban J connectivity index is 2.07. The van der Waals surface area contributed by atoms with Gasteiger partial charge in [0.15, 0.2) is 11.5 Å². The minimum absolute atomic E-state index is 0.0696. The summed E-state index contributed by atoms with van der Waals surface area (Å²) in [6.07, 6.45) is 0.915. The molecule has 1 amide bonds. The molecule has 138 valence electrons. The quantitative estimate of drug-likeness (QED) is 0.625. The molecule has 0 saturated carbocycles. The summed E-state index contributed by atoms with van der Waals surface area (Å²) in [5.74, 6) is 1.66. The summed E-state index contributed by atoms with van der Waals surface area (Å²) in [5.41, 5.74) is 0.997. The number of benzene rings is 1. The molecule has 1 atom stereocenters. The summed E-state index contributed by atoms with van der Waals surface area (Å²) in [4.78, 5) is 25.5. The van der Waals surface area contributed by atoms with Crippen LogP contribution in [0.15, 0.2) is 18.2 Å². The predicted molar refractivity (Wildman–Crippen MR) is 96.9 cm³/mol. The van der Waals surface area contributed by atoms with Crippen molar-refractivity contribution in [2.45, 2.75) is 32.1 Å². The first kappa shape index (κ1) is 19.4. The van der Waals surface area contributed by atoms with Gasteiger partial charge in [0.1, 0.15) is 5.37 Å². The Morgan fingerprint density at radius 2 is 2.08 bits per heavy atom. The summed E-state index contributed by atoms with van der Waals surface area (Å²) in [6, 6.07) is 5.74. The number of hydrogen-bond donors (Lipinski definition) is 0. The number of thioether (sulfide) groups is 1. The lowest BCUT2D eigenvalue weighted by molar-refractivity contribution is -0.143. The van der Waals surface area contributed by atoms with Crippen LogP contribution >= 0.6 is 11.8 Å². The smallest absolute Gasteiger partial charge is 0.305 e. The molecule has 1 aliphatic rings. The standard InChI is InChI=1S/C18H25NO5S/c1-4-23-15-11-13(8-9-14(15)22-3)18-19(16(20)12-25-18)10-6-7-17(21)24-5-2/h8-9,11,18H,4-7,10,12H2,1-3H3. The highest BCUT2D eigenvalue weighted by atomic mass is 32.2. The van der Waals surface area contributed by atoms with Crippen molar-refractivity contribution < 1.29 is 23.8 Å². The molecular weight excluding hydrogens is 342 g/mol. The molecule has 2 rings (SSSR count). The van der Waals surface area contributed by atoms with E-state index in [0.717, 1.165) is 5.56 Å². The fourth-order valence-corrected chi connectivity index (χ4v) is 3.92. The summed E-state index contributed by atoms with van der Waals surface area (Å²) >= 11 is 1.58. The molecule has 1 aliphatic heterocycles. The summed E-state index contributed by atoms with van der Waals surface area (Å²) < 4.78 is 15.9. The van der Waals surface area contributed by atoms with Crippen molar-refractivity contribution in [2.75, 3.05) is 32.6 Å². The minimum Gasteiger partial charge on any atom is -0.493 e. The highest BCUT2D eigenvalue weighted by Crippen LogP contribution is 2.41. The van der Waals surface area contributed by atoms with Gasteiger partial charge in [-0.25, -0.2) is 0 Å². The van der Waals surface area contributed by atoms with Crippen LogP contribution in [0.25, 0.3) is 0 Å². The predicted octanol–water partition coefficient (Wildman–Crippen LogP) is 3.01.